The van der Waals surface area contributed by atoms with Crippen LogP contribution >= 0.6 is 0 Å². The fraction of sp³-hybridized carbons (Fsp3) is 1.00. The Balaban J connectivity index is 1.61. The first-order valence-corrected chi connectivity index (χ1v) is 7.46. The van der Waals surface area contributed by atoms with E-state index in [0.29, 0.717) is 6.10 Å². The minimum absolute atomic E-state index is 0.563. The van der Waals surface area contributed by atoms with Crippen molar-refractivity contribution in [2.24, 2.45) is 5.73 Å². The van der Waals surface area contributed by atoms with E-state index in [9.17, 15) is 0 Å². The van der Waals surface area contributed by atoms with Crippen LogP contribution in [0, 0.1) is 0 Å². The van der Waals surface area contributed by atoms with Crippen LogP contribution in [-0.4, -0.2) is 43.3 Å². The second-order valence-electron chi connectivity index (χ2n) is 5.54. The topological polar surface area (TPSA) is 38.5 Å². The molecule has 17 heavy (non-hydrogen) atoms. The van der Waals surface area contributed by atoms with Crippen LogP contribution in [0.25, 0.3) is 0 Å². The standard InChI is InChI=1S/C14H28N2O/c15-9-4-11-16(13-5-1-6-13)10-2-7-14-8-3-12-17-14/h13-14H,1-12,15H2. The summed E-state index contributed by atoms with van der Waals surface area (Å²) in [6, 6.07) is 0.867. The summed E-state index contributed by atoms with van der Waals surface area (Å²) in [4.78, 5) is 2.67. The van der Waals surface area contributed by atoms with Gasteiger partial charge in [-0.15, -0.1) is 0 Å². The molecule has 2 aliphatic rings. The van der Waals surface area contributed by atoms with Crippen LogP contribution < -0.4 is 5.73 Å². The molecule has 2 fully saturated rings. The SMILES string of the molecule is NCCCN(CCCC1CCCO1)C1CCC1. The Labute approximate surface area is 106 Å². The van der Waals surface area contributed by atoms with E-state index >= 15 is 0 Å². The largest absolute Gasteiger partial charge is 0.378 e. The molecule has 1 heterocycles. The molecule has 0 amide bonds. The third-order valence-corrected chi connectivity index (χ3v) is 4.24. The molecule has 0 aromatic carbocycles. The summed E-state index contributed by atoms with van der Waals surface area (Å²) in [5.74, 6) is 0. The van der Waals surface area contributed by atoms with Crippen molar-refractivity contribution >= 4 is 0 Å². The van der Waals surface area contributed by atoms with E-state index < -0.39 is 0 Å². The Morgan fingerprint density at radius 2 is 1.88 bits per heavy atom. The number of nitrogens with two attached hydrogens (primary N) is 1. The van der Waals surface area contributed by atoms with Crippen molar-refractivity contribution in [1.29, 1.82) is 0 Å². The average molecular weight is 240 g/mol. The molecule has 2 N–H and O–H groups in total. The van der Waals surface area contributed by atoms with E-state index in [-0.39, 0.29) is 0 Å². The zero-order valence-electron chi connectivity index (χ0n) is 11.1. The lowest BCUT2D eigenvalue weighted by atomic mass is 9.91. The molecule has 0 radical (unpaired) electrons. The molecular formula is C14H28N2O. The van der Waals surface area contributed by atoms with Gasteiger partial charge in [-0.1, -0.05) is 6.42 Å². The summed E-state index contributed by atoms with van der Waals surface area (Å²) in [7, 11) is 0. The lowest BCUT2D eigenvalue weighted by Gasteiger charge is -2.37. The maximum absolute atomic E-state index is 5.68. The smallest absolute Gasteiger partial charge is 0.0576 e. The fourth-order valence-electron chi connectivity index (χ4n) is 2.92. The molecular weight excluding hydrogens is 212 g/mol. The molecule has 1 atom stereocenters. The Bertz CT molecular complexity index is 200. The maximum atomic E-state index is 5.68. The van der Waals surface area contributed by atoms with Crippen LogP contribution in [0.3, 0.4) is 0 Å². The average Bonchev–Trinajstić information content (AvgIpc) is 2.76. The Morgan fingerprint density at radius 1 is 1.06 bits per heavy atom. The molecule has 100 valence electrons. The van der Waals surface area contributed by atoms with Crippen molar-refractivity contribution in [2.45, 2.75) is 63.5 Å². The van der Waals surface area contributed by atoms with Crippen molar-refractivity contribution in [3.05, 3.63) is 0 Å². The normalized spacial score (nSPS) is 25.4. The molecule has 1 saturated carbocycles. The van der Waals surface area contributed by atoms with Gasteiger partial charge in [-0.2, -0.15) is 0 Å². The first-order valence-electron chi connectivity index (χ1n) is 7.46. The third kappa shape index (κ3) is 4.23. The molecule has 0 aromatic heterocycles. The van der Waals surface area contributed by atoms with Crippen molar-refractivity contribution < 1.29 is 4.74 Å². The molecule has 1 unspecified atom stereocenters. The van der Waals surface area contributed by atoms with E-state index in [2.05, 4.69) is 4.90 Å². The van der Waals surface area contributed by atoms with E-state index in [4.69, 9.17) is 10.5 Å². The zero-order valence-corrected chi connectivity index (χ0v) is 11.1. The van der Waals surface area contributed by atoms with E-state index in [1.807, 2.05) is 0 Å². The van der Waals surface area contributed by atoms with Crippen LogP contribution in [0.4, 0.5) is 0 Å². The Hall–Kier alpha value is -0.120. The highest BCUT2D eigenvalue weighted by Crippen LogP contribution is 2.25. The molecule has 3 nitrogen and oxygen atoms in total. The number of nitrogens with zero attached hydrogens (tertiary/aromatic N) is 1. The van der Waals surface area contributed by atoms with Gasteiger partial charge in [0, 0.05) is 12.6 Å². The van der Waals surface area contributed by atoms with Crippen molar-refractivity contribution in [1.82, 2.24) is 4.90 Å². The number of rotatable bonds is 8. The second kappa shape index (κ2) is 7.34. The summed E-state index contributed by atoms with van der Waals surface area (Å²) in [5, 5.41) is 0. The van der Waals surface area contributed by atoms with Gasteiger partial charge in [0.05, 0.1) is 6.10 Å². The van der Waals surface area contributed by atoms with Crippen LogP contribution in [0.2, 0.25) is 0 Å². The molecule has 0 spiro atoms. The van der Waals surface area contributed by atoms with Crippen LogP contribution in [-0.2, 0) is 4.74 Å². The quantitative estimate of drug-likeness (QED) is 0.706. The van der Waals surface area contributed by atoms with Gasteiger partial charge in [-0.3, -0.25) is 0 Å². The molecule has 1 saturated heterocycles. The first-order chi connectivity index (χ1) is 8.40. The van der Waals surface area contributed by atoms with Crippen LogP contribution in [0.1, 0.15) is 51.4 Å². The van der Waals surface area contributed by atoms with Gasteiger partial charge in [-0.05, 0) is 64.6 Å². The summed E-state index contributed by atoms with van der Waals surface area (Å²) < 4.78 is 5.68. The minimum Gasteiger partial charge on any atom is -0.378 e. The molecule has 1 aliphatic carbocycles. The molecule has 1 aliphatic heterocycles. The molecule has 2 rings (SSSR count). The predicted octanol–water partition coefficient (Wildman–Crippen LogP) is 2.15. The van der Waals surface area contributed by atoms with Gasteiger partial charge in [0.25, 0.3) is 0 Å². The van der Waals surface area contributed by atoms with Gasteiger partial charge in [0.15, 0.2) is 0 Å². The number of hydrogen-bond donors (Lipinski definition) is 1. The Morgan fingerprint density at radius 3 is 2.47 bits per heavy atom. The number of ether oxygens (including phenoxy) is 1. The third-order valence-electron chi connectivity index (χ3n) is 4.24. The maximum Gasteiger partial charge on any atom is 0.0576 e. The molecule has 3 heteroatoms. The highest BCUT2D eigenvalue weighted by molar-refractivity contribution is 4.80. The van der Waals surface area contributed by atoms with Gasteiger partial charge in [0.2, 0.25) is 0 Å². The van der Waals surface area contributed by atoms with E-state index in [0.717, 1.165) is 25.6 Å². The van der Waals surface area contributed by atoms with Gasteiger partial charge < -0.3 is 15.4 Å². The van der Waals surface area contributed by atoms with Crippen LogP contribution in [0.15, 0.2) is 0 Å². The minimum atomic E-state index is 0.563. The molecule has 0 bridgehead atoms. The highest BCUT2D eigenvalue weighted by Gasteiger charge is 2.24. The fourth-order valence-corrected chi connectivity index (χ4v) is 2.92. The lowest BCUT2D eigenvalue weighted by Crippen LogP contribution is -2.42. The van der Waals surface area contributed by atoms with Crippen LogP contribution in [0.5, 0.6) is 0 Å². The van der Waals surface area contributed by atoms with Crippen molar-refractivity contribution in [3.8, 4) is 0 Å². The monoisotopic (exact) mass is 240 g/mol. The van der Waals surface area contributed by atoms with E-state index in [1.165, 1.54) is 58.0 Å². The summed E-state index contributed by atoms with van der Waals surface area (Å²) in [5.41, 5.74) is 5.62. The molecule has 0 aromatic rings. The summed E-state index contributed by atoms with van der Waals surface area (Å²) in [6.45, 7) is 4.27. The van der Waals surface area contributed by atoms with Gasteiger partial charge >= 0.3 is 0 Å². The second-order valence-corrected chi connectivity index (χ2v) is 5.54. The summed E-state index contributed by atoms with van der Waals surface area (Å²) in [6.07, 6.45) is 11.1. The lowest BCUT2D eigenvalue weighted by molar-refractivity contribution is 0.0870. The number of hydrogen-bond acceptors (Lipinski definition) is 3. The van der Waals surface area contributed by atoms with Crippen molar-refractivity contribution in [3.63, 3.8) is 0 Å². The summed E-state index contributed by atoms with van der Waals surface area (Å²) >= 11 is 0. The van der Waals surface area contributed by atoms with Gasteiger partial charge in [-0.25, -0.2) is 0 Å². The zero-order chi connectivity index (χ0) is 11.9. The Kier molecular flexibility index (Phi) is 5.75. The van der Waals surface area contributed by atoms with Crippen molar-refractivity contribution in [2.75, 3.05) is 26.2 Å². The van der Waals surface area contributed by atoms with Gasteiger partial charge in [0.1, 0.15) is 0 Å². The first kappa shape index (κ1) is 13.3. The predicted molar refractivity (Wildman–Crippen MR) is 71.1 cm³/mol. The highest BCUT2D eigenvalue weighted by atomic mass is 16.5. The van der Waals surface area contributed by atoms with E-state index in [1.54, 1.807) is 0 Å².